The summed E-state index contributed by atoms with van der Waals surface area (Å²) in [7, 11) is 0. The number of aryl methyl sites for hydroxylation is 1. The average molecular weight is 515 g/mol. The molecule has 38 heavy (non-hydrogen) atoms. The van der Waals surface area contributed by atoms with Gasteiger partial charge in [0.25, 0.3) is 11.5 Å². The van der Waals surface area contributed by atoms with Gasteiger partial charge in [0.1, 0.15) is 4.88 Å². The van der Waals surface area contributed by atoms with Crippen molar-refractivity contribution in [1.82, 2.24) is 14.5 Å². The molecule has 0 bridgehead atoms. The maximum Gasteiger partial charge on any atom is 0.266 e. The van der Waals surface area contributed by atoms with Gasteiger partial charge in [0, 0.05) is 11.1 Å². The molecule has 6 aromatic rings. The first kappa shape index (κ1) is 23.5. The van der Waals surface area contributed by atoms with Crippen LogP contribution in [0.5, 0.6) is 0 Å². The van der Waals surface area contributed by atoms with Crippen LogP contribution >= 0.6 is 11.3 Å². The van der Waals surface area contributed by atoms with Crippen molar-refractivity contribution in [2.24, 2.45) is 0 Å². The molecule has 0 saturated carbocycles. The summed E-state index contributed by atoms with van der Waals surface area (Å²) in [6, 6.07) is 33.8. The Bertz CT molecular complexity index is 1840. The number of rotatable bonds is 5. The van der Waals surface area contributed by atoms with E-state index in [1.54, 1.807) is 22.8 Å². The summed E-state index contributed by atoms with van der Waals surface area (Å²) >= 11 is 1.30. The zero-order valence-electron chi connectivity index (χ0n) is 20.5. The third-order valence-corrected chi connectivity index (χ3v) is 7.14. The number of benzene rings is 4. The molecule has 0 unspecified atom stereocenters. The molecule has 2 heterocycles. The van der Waals surface area contributed by atoms with Crippen LogP contribution in [0, 0.1) is 6.92 Å². The van der Waals surface area contributed by atoms with Gasteiger partial charge in [0.05, 0.1) is 22.3 Å². The second-order valence-corrected chi connectivity index (χ2v) is 9.81. The zero-order chi connectivity index (χ0) is 26.1. The number of fused-ring (bicyclic) bond motifs is 1. The standard InChI is InChI=1S/C31H22N4O2S/c1-20-11-10-16-23(19-20)35-28(32-25-18-9-8-17-24(25)30(35)37)27-26(21-12-4-2-5-13-21)33-31(38-27)34-29(36)22-14-6-3-7-15-22/h2-19H,1H3,(H,33,34,36). The van der Waals surface area contributed by atoms with Crippen molar-refractivity contribution in [3.63, 3.8) is 0 Å². The number of amides is 1. The van der Waals surface area contributed by atoms with Crippen molar-refractivity contribution in [2.45, 2.75) is 6.92 Å². The number of aromatic nitrogens is 3. The smallest absolute Gasteiger partial charge is 0.266 e. The Balaban J connectivity index is 1.60. The van der Waals surface area contributed by atoms with Gasteiger partial charge in [0.15, 0.2) is 11.0 Å². The molecule has 6 nitrogen and oxygen atoms in total. The Hall–Kier alpha value is -4.88. The molecule has 0 atom stereocenters. The second-order valence-electron chi connectivity index (χ2n) is 8.82. The van der Waals surface area contributed by atoms with Crippen molar-refractivity contribution in [3.8, 4) is 27.6 Å². The number of thiazole rings is 1. The van der Waals surface area contributed by atoms with Crippen LogP contribution in [0.15, 0.2) is 114 Å². The molecule has 0 spiro atoms. The second kappa shape index (κ2) is 9.88. The number of nitrogens with one attached hydrogen (secondary N) is 1. The average Bonchev–Trinajstić information content (AvgIpc) is 3.37. The maximum atomic E-state index is 13.9. The SMILES string of the molecule is Cc1cccc(-n2c(-c3sc(NC(=O)c4ccccc4)nc3-c3ccccc3)nc3ccccc3c2=O)c1. The van der Waals surface area contributed by atoms with Crippen molar-refractivity contribution in [1.29, 1.82) is 0 Å². The molecule has 0 saturated heterocycles. The van der Waals surface area contributed by atoms with Crippen LogP contribution in [-0.4, -0.2) is 20.4 Å². The Morgan fingerprint density at radius 1 is 0.816 bits per heavy atom. The third-order valence-electron chi connectivity index (χ3n) is 6.17. The van der Waals surface area contributed by atoms with E-state index in [2.05, 4.69) is 5.32 Å². The summed E-state index contributed by atoms with van der Waals surface area (Å²) < 4.78 is 1.64. The van der Waals surface area contributed by atoms with E-state index in [-0.39, 0.29) is 11.5 Å². The normalized spacial score (nSPS) is 11.0. The minimum absolute atomic E-state index is 0.168. The Morgan fingerprint density at radius 2 is 1.53 bits per heavy atom. The summed E-state index contributed by atoms with van der Waals surface area (Å²) in [6.45, 7) is 1.99. The van der Waals surface area contributed by atoms with Gasteiger partial charge in [-0.05, 0) is 48.9 Å². The molecule has 1 N–H and O–H groups in total. The van der Waals surface area contributed by atoms with Gasteiger partial charge in [-0.1, -0.05) is 84.1 Å². The van der Waals surface area contributed by atoms with E-state index in [4.69, 9.17) is 9.97 Å². The highest BCUT2D eigenvalue weighted by Crippen LogP contribution is 2.39. The largest absolute Gasteiger partial charge is 0.298 e. The predicted molar refractivity (Wildman–Crippen MR) is 153 cm³/mol. The topological polar surface area (TPSA) is 76.9 Å². The van der Waals surface area contributed by atoms with Gasteiger partial charge in [0.2, 0.25) is 0 Å². The first-order valence-electron chi connectivity index (χ1n) is 12.1. The van der Waals surface area contributed by atoms with Crippen molar-refractivity contribution >= 4 is 33.3 Å². The number of hydrogen-bond acceptors (Lipinski definition) is 5. The van der Waals surface area contributed by atoms with Gasteiger partial charge >= 0.3 is 0 Å². The molecular weight excluding hydrogens is 492 g/mol. The summed E-state index contributed by atoms with van der Waals surface area (Å²) in [5.74, 6) is 0.212. The fourth-order valence-electron chi connectivity index (χ4n) is 4.37. The molecule has 0 radical (unpaired) electrons. The Kier molecular flexibility index (Phi) is 6.11. The lowest BCUT2D eigenvalue weighted by Gasteiger charge is -2.14. The van der Waals surface area contributed by atoms with Crippen LogP contribution in [0.3, 0.4) is 0 Å². The molecule has 4 aromatic carbocycles. The molecular formula is C31H22N4O2S. The monoisotopic (exact) mass is 514 g/mol. The first-order chi connectivity index (χ1) is 18.6. The summed E-state index contributed by atoms with van der Waals surface area (Å²) in [4.78, 5) is 37.3. The Labute approximate surface area is 222 Å². The summed E-state index contributed by atoms with van der Waals surface area (Å²) in [5, 5.41) is 3.88. The molecule has 6 rings (SSSR count). The van der Waals surface area contributed by atoms with E-state index < -0.39 is 0 Å². The van der Waals surface area contributed by atoms with Gasteiger partial charge in [-0.3, -0.25) is 19.5 Å². The minimum Gasteiger partial charge on any atom is -0.298 e. The van der Waals surface area contributed by atoms with Crippen LogP contribution in [0.25, 0.3) is 38.5 Å². The summed E-state index contributed by atoms with van der Waals surface area (Å²) in [6.07, 6.45) is 0. The van der Waals surface area contributed by atoms with Gasteiger partial charge in [-0.25, -0.2) is 9.97 Å². The van der Waals surface area contributed by atoms with E-state index >= 15 is 0 Å². The molecule has 2 aromatic heterocycles. The van der Waals surface area contributed by atoms with Crippen LogP contribution in [-0.2, 0) is 0 Å². The highest BCUT2D eigenvalue weighted by atomic mass is 32.1. The molecule has 184 valence electrons. The van der Waals surface area contributed by atoms with E-state index in [9.17, 15) is 9.59 Å². The first-order valence-corrected chi connectivity index (χ1v) is 12.9. The number of para-hydroxylation sites is 1. The Morgan fingerprint density at radius 3 is 2.29 bits per heavy atom. The number of anilines is 1. The molecule has 0 aliphatic rings. The number of carbonyl (C=O) groups is 1. The fourth-order valence-corrected chi connectivity index (χ4v) is 5.33. The fraction of sp³-hybridized carbons (Fsp3) is 0.0323. The summed E-state index contributed by atoms with van der Waals surface area (Å²) in [5.41, 5.74) is 4.20. The lowest BCUT2D eigenvalue weighted by Crippen LogP contribution is -2.22. The molecule has 1 amide bonds. The lowest BCUT2D eigenvalue weighted by atomic mass is 10.1. The van der Waals surface area contributed by atoms with Crippen LogP contribution in [0.4, 0.5) is 5.13 Å². The lowest BCUT2D eigenvalue weighted by molar-refractivity contribution is 0.102. The highest BCUT2D eigenvalue weighted by molar-refractivity contribution is 7.19. The van der Waals surface area contributed by atoms with Crippen molar-refractivity contribution in [2.75, 3.05) is 5.32 Å². The van der Waals surface area contributed by atoms with E-state index in [0.29, 0.717) is 43.7 Å². The number of carbonyl (C=O) groups excluding carboxylic acids is 1. The zero-order valence-corrected chi connectivity index (χ0v) is 21.3. The molecule has 0 aliphatic carbocycles. The van der Waals surface area contributed by atoms with Crippen LogP contribution in [0.1, 0.15) is 15.9 Å². The maximum absolute atomic E-state index is 13.9. The van der Waals surface area contributed by atoms with Crippen LogP contribution < -0.4 is 10.9 Å². The predicted octanol–water partition coefficient (Wildman–Crippen LogP) is 6.74. The van der Waals surface area contributed by atoms with Crippen molar-refractivity contribution < 1.29 is 4.79 Å². The number of hydrogen-bond donors (Lipinski definition) is 1. The van der Waals surface area contributed by atoms with Gasteiger partial charge in [-0.2, -0.15) is 0 Å². The van der Waals surface area contributed by atoms with E-state index in [0.717, 1.165) is 11.1 Å². The number of nitrogens with zero attached hydrogens (tertiary/aromatic N) is 3. The van der Waals surface area contributed by atoms with Gasteiger partial charge in [-0.15, -0.1) is 0 Å². The third kappa shape index (κ3) is 4.40. The highest BCUT2D eigenvalue weighted by Gasteiger charge is 2.23. The van der Waals surface area contributed by atoms with Crippen LogP contribution in [0.2, 0.25) is 0 Å². The van der Waals surface area contributed by atoms with E-state index in [1.165, 1.54) is 11.3 Å². The quantitative estimate of drug-likeness (QED) is 0.277. The van der Waals surface area contributed by atoms with Crippen molar-refractivity contribution in [3.05, 3.63) is 131 Å². The molecule has 0 fully saturated rings. The van der Waals surface area contributed by atoms with Gasteiger partial charge < -0.3 is 0 Å². The minimum atomic E-state index is -0.256. The van der Waals surface area contributed by atoms with E-state index in [1.807, 2.05) is 97.9 Å². The molecule has 0 aliphatic heterocycles. The molecule has 7 heteroatoms.